The van der Waals surface area contributed by atoms with Gasteiger partial charge in [0, 0.05) is 12.6 Å². The minimum atomic E-state index is -0.227. The average Bonchev–Trinajstić information content (AvgIpc) is 3.16. The number of hydrogen-bond donors (Lipinski definition) is 1. The molecular weight excluding hydrogens is 359 g/mol. The largest absolute Gasteiger partial charge is 0.486 e. The summed E-state index contributed by atoms with van der Waals surface area (Å²) < 4.78 is 24.7. The third-order valence-corrected chi connectivity index (χ3v) is 5.37. The summed E-state index contributed by atoms with van der Waals surface area (Å²) in [6, 6.07) is 11.2. The molecule has 28 heavy (non-hydrogen) atoms. The molecule has 1 unspecified atom stereocenters. The van der Waals surface area contributed by atoms with Crippen molar-refractivity contribution >= 4 is 5.91 Å². The molecule has 4 rings (SSSR count). The first kappa shape index (κ1) is 18.7. The minimum Gasteiger partial charge on any atom is -0.486 e. The van der Waals surface area contributed by atoms with Gasteiger partial charge in [-0.1, -0.05) is 18.2 Å². The highest BCUT2D eigenvalue weighted by Crippen LogP contribution is 2.37. The number of hydrogen-bond acceptors (Lipinski definition) is 4. The monoisotopic (exact) mass is 384 g/mol. The van der Waals surface area contributed by atoms with E-state index in [2.05, 4.69) is 16.3 Å². The molecule has 1 saturated heterocycles. The van der Waals surface area contributed by atoms with E-state index in [-0.39, 0.29) is 17.8 Å². The van der Waals surface area contributed by atoms with Gasteiger partial charge in [0.15, 0.2) is 11.5 Å². The van der Waals surface area contributed by atoms with Crippen molar-refractivity contribution in [2.45, 2.75) is 32.4 Å². The lowest BCUT2D eigenvalue weighted by Crippen LogP contribution is -2.36. The molecule has 5 nitrogen and oxygen atoms in total. The Labute approximate surface area is 164 Å². The van der Waals surface area contributed by atoms with E-state index in [1.165, 1.54) is 6.07 Å². The first-order valence-electron chi connectivity index (χ1n) is 9.75. The summed E-state index contributed by atoms with van der Waals surface area (Å²) in [6.45, 7) is 4.51. The molecule has 2 aromatic carbocycles. The molecule has 0 aliphatic carbocycles. The molecule has 1 fully saturated rings. The maximum Gasteiger partial charge on any atom is 0.234 e. The Bertz CT molecular complexity index is 871. The van der Waals surface area contributed by atoms with E-state index in [0.29, 0.717) is 31.9 Å². The summed E-state index contributed by atoms with van der Waals surface area (Å²) in [5.41, 5.74) is 2.64. The quantitative estimate of drug-likeness (QED) is 0.859. The predicted octanol–water partition coefficient (Wildman–Crippen LogP) is 3.36. The molecule has 1 atom stereocenters. The third kappa shape index (κ3) is 4.12. The van der Waals surface area contributed by atoms with Crippen molar-refractivity contribution in [1.82, 2.24) is 10.2 Å². The number of carbonyl (C=O) groups excluding carboxylic acids is 1. The zero-order valence-corrected chi connectivity index (χ0v) is 16.0. The van der Waals surface area contributed by atoms with Crippen LogP contribution >= 0.6 is 0 Å². The zero-order chi connectivity index (χ0) is 19.5. The standard InChI is InChI=1S/C22H25FN2O3/c1-15-11-16(4-6-18(15)23)13-24-22(26)14-25-8-2-3-19(25)17-5-7-20-21(12-17)28-10-9-27-20/h4-7,11-12,19H,2-3,8-10,13-14H2,1H3,(H,24,26). The highest BCUT2D eigenvalue weighted by Gasteiger charge is 2.28. The van der Waals surface area contributed by atoms with Crippen molar-refractivity contribution in [2.75, 3.05) is 26.3 Å². The number of ether oxygens (including phenoxy) is 2. The van der Waals surface area contributed by atoms with Gasteiger partial charge in [-0.3, -0.25) is 9.69 Å². The fraction of sp³-hybridized carbons (Fsp3) is 0.409. The molecule has 2 aromatic rings. The number of carbonyl (C=O) groups is 1. The lowest BCUT2D eigenvalue weighted by Gasteiger charge is -2.26. The van der Waals surface area contributed by atoms with Crippen LogP contribution in [0.15, 0.2) is 36.4 Å². The van der Waals surface area contributed by atoms with Crippen LogP contribution in [0.5, 0.6) is 11.5 Å². The van der Waals surface area contributed by atoms with Crippen molar-refractivity contribution in [2.24, 2.45) is 0 Å². The molecule has 0 spiro atoms. The van der Waals surface area contributed by atoms with Crippen LogP contribution in [0.25, 0.3) is 0 Å². The summed E-state index contributed by atoms with van der Waals surface area (Å²) >= 11 is 0. The molecule has 0 radical (unpaired) electrons. The van der Waals surface area contributed by atoms with Crippen LogP contribution in [0.4, 0.5) is 4.39 Å². The highest BCUT2D eigenvalue weighted by atomic mass is 19.1. The Morgan fingerprint density at radius 3 is 2.82 bits per heavy atom. The number of rotatable bonds is 5. The van der Waals surface area contributed by atoms with Crippen LogP contribution in [-0.4, -0.2) is 37.1 Å². The predicted molar refractivity (Wildman–Crippen MR) is 104 cm³/mol. The van der Waals surface area contributed by atoms with E-state index in [9.17, 15) is 9.18 Å². The maximum atomic E-state index is 13.4. The fourth-order valence-corrected chi connectivity index (χ4v) is 3.92. The Morgan fingerprint density at radius 1 is 1.18 bits per heavy atom. The van der Waals surface area contributed by atoms with Gasteiger partial charge in [-0.2, -0.15) is 0 Å². The van der Waals surface area contributed by atoms with Crippen molar-refractivity contribution < 1.29 is 18.7 Å². The third-order valence-electron chi connectivity index (χ3n) is 5.37. The van der Waals surface area contributed by atoms with Gasteiger partial charge in [-0.05, 0) is 61.2 Å². The molecule has 2 aliphatic rings. The van der Waals surface area contributed by atoms with E-state index in [1.54, 1.807) is 19.1 Å². The summed E-state index contributed by atoms with van der Waals surface area (Å²) in [5.74, 6) is 1.32. The Morgan fingerprint density at radius 2 is 2.00 bits per heavy atom. The number of amides is 1. The highest BCUT2D eigenvalue weighted by molar-refractivity contribution is 5.78. The second-order valence-electron chi connectivity index (χ2n) is 7.39. The Hall–Kier alpha value is -2.60. The van der Waals surface area contributed by atoms with Crippen LogP contribution in [0, 0.1) is 12.7 Å². The number of nitrogens with one attached hydrogen (secondary N) is 1. The van der Waals surface area contributed by atoms with Gasteiger partial charge < -0.3 is 14.8 Å². The van der Waals surface area contributed by atoms with Gasteiger partial charge in [0.25, 0.3) is 0 Å². The summed E-state index contributed by atoms with van der Waals surface area (Å²) in [4.78, 5) is 14.7. The zero-order valence-electron chi connectivity index (χ0n) is 16.0. The van der Waals surface area contributed by atoms with Crippen molar-refractivity contribution in [3.05, 3.63) is 58.9 Å². The Kier molecular flexibility index (Phi) is 5.48. The van der Waals surface area contributed by atoms with E-state index < -0.39 is 0 Å². The molecule has 1 amide bonds. The topological polar surface area (TPSA) is 50.8 Å². The lowest BCUT2D eigenvalue weighted by atomic mass is 10.0. The van der Waals surface area contributed by atoms with Gasteiger partial charge in [-0.15, -0.1) is 0 Å². The van der Waals surface area contributed by atoms with Crippen LogP contribution in [0.2, 0.25) is 0 Å². The van der Waals surface area contributed by atoms with E-state index in [0.717, 1.165) is 42.0 Å². The van der Waals surface area contributed by atoms with Crippen molar-refractivity contribution in [1.29, 1.82) is 0 Å². The number of halogens is 1. The molecular formula is C22H25FN2O3. The minimum absolute atomic E-state index is 0.0218. The van der Waals surface area contributed by atoms with Crippen LogP contribution in [-0.2, 0) is 11.3 Å². The van der Waals surface area contributed by atoms with Crippen LogP contribution in [0.1, 0.15) is 35.6 Å². The van der Waals surface area contributed by atoms with E-state index in [1.807, 2.05) is 12.1 Å². The van der Waals surface area contributed by atoms with Gasteiger partial charge in [-0.25, -0.2) is 4.39 Å². The molecule has 0 bridgehead atoms. The maximum absolute atomic E-state index is 13.4. The van der Waals surface area contributed by atoms with Gasteiger partial charge in [0.2, 0.25) is 5.91 Å². The normalized spacial score (nSPS) is 18.9. The van der Waals surface area contributed by atoms with Gasteiger partial charge in [0.1, 0.15) is 19.0 Å². The molecule has 2 heterocycles. The number of nitrogens with zero attached hydrogens (tertiary/aromatic N) is 1. The van der Waals surface area contributed by atoms with Crippen molar-refractivity contribution in [3.63, 3.8) is 0 Å². The number of benzene rings is 2. The second kappa shape index (κ2) is 8.19. The first-order valence-corrected chi connectivity index (χ1v) is 9.75. The number of fused-ring (bicyclic) bond motifs is 1. The molecule has 0 saturated carbocycles. The molecule has 6 heteroatoms. The summed E-state index contributed by atoms with van der Waals surface area (Å²) in [7, 11) is 0. The average molecular weight is 384 g/mol. The fourth-order valence-electron chi connectivity index (χ4n) is 3.92. The number of aryl methyl sites for hydroxylation is 1. The van der Waals surface area contributed by atoms with E-state index >= 15 is 0 Å². The smallest absolute Gasteiger partial charge is 0.234 e. The molecule has 1 N–H and O–H groups in total. The molecule has 2 aliphatic heterocycles. The number of likely N-dealkylation sites (tertiary alicyclic amines) is 1. The van der Waals surface area contributed by atoms with Gasteiger partial charge in [0.05, 0.1) is 6.54 Å². The molecule has 148 valence electrons. The Balaban J connectivity index is 1.37. The van der Waals surface area contributed by atoms with Crippen molar-refractivity contribution in [3.8, 4) is 11.5 Å². The van der Waals surface area contributed by atoms with Crippen LogP contribution in [0.3, 0.4) is 0 Å². The molecule has 0 aromatic heterocycles. The van der Waals surface area contributed by atoms with E-state index in [4.69, 9.17) is 9.47 Å². The van der Waals surface area contributed by atoms with Gasteiger partial charge >= 0.3 is 0 Å². The second-order valence-corrected chi connectivity index (χ2v) is 7.39. The first-order chi connectivity index (χ1) is 13.6. The lowest BCUT2D eigenvalue weighted by molar-refractivity contribution is -0.122. The SMILES string of the molecule is Cc1cc(CNC(=O)CN2CCCC2c2ccc3c(c2)OCCO3)ccc1F. The van der Waals surface area contributed by atoms with Crippen LogP contribution < -0.4 is 14.8 Å². The summed E-state index contributed by atoms with van der Waals surface area (Å²) in [6.07, 6.45) is 2.08. The summed E-state index contributed by atoms with van der Waals surface area (Å²) in [5, 5.41) is 2.95.